The van der Waals surface area contributed by atoms with E-state index < -0.39 is 0 Å². The van der Waals surface area contributed by atoms with Gasteiger partial charge in [-0.15, -0.1) is 0 Å². The van der Waals surface area contributed by atoms with Crippen LogP contribution >= 0.6 is 12.6 Å². The molecule has 3 heteroatoms. The Morgan fingerprint density at radius 2 is 2.50 bits per heavy atom. The molecule has 0 aliphatic rings. The van der Waals surface area contributed by atoms with Gasteiger partial charge in [0.2, 0.25) is 0 Å². The van der Waals surface area contributed by atoms with Gasteiger partial charge in [0.05, 0.1) is 0 Å². The summed E-state index contributed by atoms with van der Waals surface area (Å²) in [5.41, 5.74) is 0. The molecular formula is C5H8O2S. The van der Waals surface area contributed by atoms with Crippen molar-refractivity contribution in [2.24, 2.45) is 0 Å². The molecule has 46 valence electrons. The molecule has 0 bridgehead atoms. The molecule has 0 aromatic carbocycles. The van der Waals surface area contributed by atoms with Crippen molar-refractivity contribution >= 4 is 18.6 Å². The van der Waals surface area contributed by atoms with Crippen LogP contribution in [0.1, 0.15) is 6.92 Å². The predicted octanol–water partition coefficient (Wildman–Crippen LogP) is 0.993. The summed E-state index contributed by atoms with van der Waals surface area (Å²) >= 11 is 3.75. The zero-order valence-corrected chi connectivity index (χ0v) is 5.52. The lowest BCUT2D eigenvalue weighted by Gasteiger charge is -1.91. The van der Waals surface area contributed by atoms with Crippen molar-refractivity contribution in [2.45, 2.75) is 6.92 Å². The van der Waals surface area contributed by atoms with Gasteiger partial charge in [0, 0.05) is 6.92 Å². The third-order valence-electron chi connectivity index (χ3n) is 0.488. The summed E-state index contributed by atoms with van der Waals surface area (Å²) in [7, 11) is 0. The van der Waals surface area contributed by atoms with Crippen LogP contribution in [0.4, 0.5) is 0 Å². The first-order valence-corrected chi connectivity index (χ1v) is 2.71. The molecule has 0 unspecified atom stereocenters. The van der Waals surface area contributed by atoms with Crippen LogP contribution in [0.3, 0.4) is 0 Å². The maximum absolute atomic E-state index is 10.0. The Labute approximate surface area is 53.9 Å². The minimum Gasteiger partial charge on any atom is -0.462 e. The van der Waals surface area contributed by atoms with Crippen molar-refractivity contribution in [3.8, 4) is 0 Å². The molecule has 0 saturated heterocycles. The number of esters is 1. The molecule has 0 rings (SSSR count). The molecular weight excluding hydrogens is 124 g/mol. The van der Waals surface area contributed by atoms with E-state index in [1.54, 1.807) is 6.08 Å². The first-order valence-electron chi connectivity index (χ1n) is 2.20. The van der Waals surface area contributed by atoms with Crippen molar-refractivity contribution in [2.75, 3.05) is 6.61 Å². The highest BCUT2D eigenvalue weighted by atomic mass is 32.1. The standard InChI is InChI=1S/C5H8O2S/c1-5(6)7-3-2-4-8/h2,4,8H,3H2,1H3. The van der Waals surface area contributed by atoms with Crippen LogP contribution in [0, 0.1) is 0 Å². The fourth-order valence-electron chi connectivity index (χ4n) is 0.208. The lowest BCUT2D eigenvalue weighted by atomic mass is 10.7. The molecule has 0 saturated carbocycles. The SMILES string of the molecule is CC(=O)OCC=CS. The second-order valence-corrected chi connectivity index (χ2v) is 1.49. The molecule has 0 aliphatic heterocycles. The van der Waals surface area contributed by atoms with E-state index in [0.29, 0.717) is 6.61 Å². The van der Waals surface area contributed by atoms with E-state index in [0.717, 1.165) is 0 Å². The van der Waals surface area contributed by atoms with Crippen LogP contribution in [0.2, 0.25) is 0 Å². The second kappa shape index (κ2) is 4.71. The Morgan fingerprint density at radius 3 is 2.88 bits per heavy atom. The van der Waals surface area contributed by atoms with Gasteiger partial charge in [-0.1, -0.05) is 0 Å². The predicted molar refractivity (Wildman–Crippen MR) is 34.8 cm³/mol. The highest BCUT2D eigenvalue weighted by Gasteiger charge is 1.84. The molecule has 2 nitrogen and oxygen atoms in total. The molecule has 0 N–H and O–H groups in total. The minimum atomic E-state index is -0.267. The summed E-state index contributed by atoms with van der Waals surface area (Å²) in [5, 5.41) is 1.53. The van der Waals surface area contributed by atoms with Crippen LogP contribution in [-0.4, -0.2) is 12.6 Å². The Hall–Kier alpha value is -0.440. The van der Waals surface area contributed by atoms with Gasteiger partial charge in [-0.2, -0.15) is 12.6 Å². The third-order valence-corrected chi connectivity index (χ3v) is 0.699. The first-order chi connectivity index (χ1) is 3.77. The molecule has 0 amide bonds. The molecule has 0 radical (unpaired) electrons. The topological polar surface area (TPSA) is 26.3 Å². The molecule has 0 heterocycles. The van der Waals surface area contributed by atoms with Crippen molar-refractivity contribution in [1.82, 2.24) is 0 Å². The minimum absolute atomic E-state index is 0.267. The molecule has 0 atom stereocenters. The lowest BCUT2D eigenvalue weighted by molar-refractivity contribution is -0.139. The van der Waals surface area contributed by atoms with E-state index in [1.807, 2.05) is 0 Å². The second-order valence-electron chi connectivity index (χ2n) is 1.19. The Kier molecular flexibility index (Phi) is 4.45. The van der Waals surface area contributed by atoms with E-state index in [9.17, 15) is 4.79 Å². The zero-order chi connectivity index (χ0) is 6.41. The van der Waals surface area contributed by atoms with Crippen molar-refractivity contribution in [1.29, 1.82) is 0 Å². The monoisotopic (exact) mass is 132 g/mol. The average molecular weight is 132 g/mol. The maximum atomic E-state index is 10.0. The van der Waals surface area contributed by atoms with Gasteiger partial charge in [-0.3, -0.25) is 4.79 Å². The normalized spacial score (nSPS) is 9.75. The summed E-state index contributed by atoms with van der Waals surface area (Å²) in [6, 6.07) is 0. The molecule has 0 aromatic rings. The summed E-state index contributed by atoms with van der Waals surface area (Å²) in [6.45, 7) is 1.69. The van der Waals surface area contributed by atoms with Gasteiger partial charge in [-0.25, -0.2) is 0 Å². The van der Waals surface area contributed by atoms with E-state index in [4.69, 9.17) is 0 Å². The average Bonchev–Trinajstić information content (AvgIpc) is 1.66. The number of hydrogen-bond donors (Lipinski definition) is 1. The quantitative estimate of drug-likeness (QED) is 0.448. The van der Waals surface area contributed by atoms with Crippen molar-refractivity contribution in [3.63, 3.8) is 0 Å². The largest absolute Gasteiger partial charge is 0.462 e. The van der Waals surface area contributed by atoms with Crippen LogP contribution < -0.4 is 0 Å². The van der Waals surface area contributed by atoms with Crippen LogP contribution in [0.25, 0.3) is 0 Å². The Bertz CT molecular complexity index is 98.6. The van der Waals surface area contributed by atoms with Gasteiger partial charge in [0.15, 0.2) is 0 Å². The number of hydrogen-bond acceptors (Lipinski definition) is 3. The molecule has 0 aliphatic carbocycles. The third kappa shape index (κ3) is 5.56. The van der Waals surface area contributed by atoms with E-state index in [2.05, 4.69) is 17.4 Å². The van der Waals surface area contributed by atoms with E-state index in [1.165, 1.54) is 12.3 Å². The van der Waals surface area contributed by atoms with Gasteiger partial charge in [0.1, 0.15) is 6.61 Å². The lowest BCUT2D eigenvalue weighted by Crippen LogP contribution is -1.96. The van der Waals surface area contributed by atoms with Gasteiger partial charge in [0.25, 0.3) is 0 Å². The molecule has 0 fully saturated rings. The summed E-state index contributed by atoms with van der Waals surface area (Å²) in [5.74, 6) is -0.267. The highest BCUT2D eigenvalue weighted by molar-refractivity contribution is 7.83. The number of carbonyl (C=O) groups excluding carboxylic acids is 1. The summed E-state index contributed by atoms with van der Waals surface area (Å²) in [4.78, 5) is 10.0. The summed E-state index contributed by atoms with van der Waals surface area (Å²) in [6.07, 6.45) is 1.64. The van der Waals surface area contributed by atoms with Gasteiger partial charge >= 0.3 is 5.97 Å². The highest BCUT2D eigenvalue weighted by Crippen LogP contribution is 1.80. The molecule has 0 aromatic heterocycles. The molecule has 8 heavy (non-hydrogen) atoms. The summed E-state index contributed by atoms with van der Waals surface area (Å²) < 4.78 is 4.51. The number of ether oxygens (including phenoxy) is 1. The fourth-order valence-corrected chi connectivity index (χ4v) is 0.295. The Morgan fingerprint density at radius 1 is 1.88 bits per heavy atom. The van der Waals surface area contributed by atoms with E-state index >= 15 is 0 Å². The van der Waals surface area contributed by atoms with E-state index in [-0.39, 0.29) is 5.97 Å². The van der Waals surface area contributed by atoms with Crippen LogP contribution in [0.5, 0.6) is 0 Å². The number of rotatable bonds is 2. The zero-order valence-electron chi connectivity index (χ0n) is 4.63. The Balaban J connectivity index is 3.05. The molecule has 0 spiro atoms. The van der Waals surface area contributed by atoms with Crippen LogP contribution in [0.15, 0.2) is 11.5 Å². The van der Waals surface area contributed by atoms with Crippen molar-refractivity contribution < 1.29 is 9.53 Å². The number of carbonyl (C=O) groups is 1. The number of thiol groups is 1. The first kappa shape index (κ1) is 7.56. The smallest absolute Gasteiger partial charge is 0.302 e. The fraction of sp³-hybridized carbons (Fsp3) is 0.400. The van der Waals surface area contributed by atoms with Gasteiger partial charge < -0.3 is 4.74 Å². The maximum Gasteiger partial charge on any atom is 0.302 e. The van der Waals surface area contributed by atoms with Crippen LogP contribution in [-0.2, 0) is 9.53 Å². The van der Waals surface area contributed by atoms with Gasteiger partial charge in [-0.05, 0) is 11.5 Å². The van der Waals surface area contributed by atoms with Crippen molar-refractivity contribution in [3.05, 3.63) is 11.5 Å².